The van der Waals surface area contributed by atoms with Crippen molar-refractivity contribution in [2.24, 2.45) is 0 Å². The standard InChI is InChI=1S/C50H79O11P/c1-3-5-7-8-9-10-11-12-13-14-15-16-17-20-24-27-30-33-37-41-50(55)61-48(45-60-62(56,57)59-43-47(53)42-51)44-58-49(54)40-36-32-29-26-23-21-18-19-22-25-28-31-35-39-46(52)38-34-6-4-2/h6,9-10,12-13,15-16,19-24,28-29,31-32,34-35,39,46-48,51-53H,3-5,7-8,11,14,17-18,25-27,30,33,36-38,40-45H2,1-2H3,(H,56,57)/b10-9-,13-12-,16-15-,22-19-,23-21-,24-20-,31-28+,32-29-,34-6-,39-35+/t46?,47-,48+/m0/s1. The summed E-state index contributed by atoms with van der Waals surface area (Å²) < 4.78 is 32.6. The molecule has 2 unspecified atom stereocenters. The van der Waals surface area contributed by atoms with Crippen LogP contribution in [-0.2, 0) is 32.7 Å². The van der Waals surface area contributed by atoms with E-state index in [1.54, 1.807) is 6.08 Å². The van der Waals surface area contributed by atoms with Gasteiger partial charge in [0, 0.05) is 12.8 Å². The van der Waals surface area contributed by atoms with Gasteiger partial charge in [-0.2, -0.15) is 0 Å². The highest BCUT2D eigenvalue weighted by atomic mass is 31.2. The Hall–Kier alpha value is -3.67. The van der Waals surface area contributed by atoms with Crippen molar-refractivity contribution in [2.45, 2.75) is 154 Å². The lowest BCUT2D eigenvalue weighted by Gasteiger charge is -2.20. The van der Waals surface area contributed by atoms with E-state index < -0.39 is 57.9 Å². The maximum Gasteiger partial charge on any atom is 0.472 e. The fourth-order valence-electron chi connectivity index (χ4n) is 5.20. The van der Waals surface area contributed by atoms with E-state index in [0.717, 1.165) is 57.8 Å². The zero-order valence-electron chi connectivity index (χ0n) is 37.6. The van der Waals surface area contributed by atoms with Gasteiger partial charge in [-0.1, -0.05) is 155 Å². The molecule has 0 heterocycles. The highest BCUT2D eigenvalue weighted by Gasteiger charge is 2.27. The Morgan fingerprint density at radius 3 is 1.66 bits per heavy atom. The summed E-state index contributed by atoms with van der Waals surface area (Å²) in [5.74, 6) is -1.09. The molecule has 0 aromatic heterocycles. The summed E-state index contributed by atoms with van der Waals surface area (Å²) in [4.78, 5) is 35.0. The number of unbranched alkanes of at least 4 members (excludes halogenated alkanes) is 6. The van der Waals surface area contributed by atoms with Crippen LogP contribution in [0.1, 0.15) is 136 Å². The van der Waals surface area contributed by atoms with Crippen LogP contribution in [-0.4, -0.2) is 76.9 Å². The molecule has 350 valence electrons. The number of hydrogen-bond acceptors (Lipinski definition) is 10. The number of aliphatic hydroxyl groups is 3. The van der Waals surface area contributed by atoms with Crippen molar-refractivity contribution in [1.82, 2.24) is 0 Å². The largest absolute Gasteiger partial charge is 0.472 e. The van der Waals surface area contributed by atoms with Crippen LogP contribution in [0, 0.1) is 0 Å². The quantitative estimate of drug-likeness (QED) is 0.0152. The van der Waals surface area contributed by atoms with Crippen LogP contribution in [0.25, 0.3) is 0 Å². The molecule has 62 heavy (non-hydrogen) atoms. The number of carbonyl (C=O) groups is 2. The summed E-state index contributed by atoms with van der Waals surface area (Å²) in [5, 5.41) is 28.2. The second-order valence-corrected chi connectivity index (χ2v) is 16.0. The lowest BCUT2D eigenvalue weighted by atomic mass is 10.1. The fraction of sp³-hybridized carbons (Fsp3) is 0.560. The topological polar surface area (TPSA) is 169 Å². The normalized spacial score (nSPS) is 15.4. The van der Waals surface area contributed by atoms with Gasteiger partial charge in [-0.05, 0) is 89.9 Å². The lowest BCUT2D eigenvalue weighted by molar-refractivity contribution is -0.161. The molecule has 0 saturated carbocycles. The molecule has 0 bridgehead atoms. The minimum atomic E-state index is -4.66. The molecule has 0 aliphatic rings. The van der Waals surface area contributed by atoms with Crippen LogP contribution < -0.4 is 0 Å². The minimum absolute atomic E-state index is 0.0855. The van der Waals surface area contributed by atoms with Crippen molar-refractivity contribution in [1.29, 1.82) is 0 Å². The van der Waals surface area contributed by atoms with E-state index in [9.17, 15) is 29.3 Å². The van der Waals surface area contributed by atoms with Crippen molar-refractivity contribution in [3.8, 4) is 0 Å². The third kappa shape index (κ3) is 43.0. The summed E-state index contributed by atoms with van der Waals surface area (Å²) >= 11 is 0. The van der Waals surface area contributed by atoms with Gasteiger partial charge in [0.1, 0.15) is 12.7 Å². The van der Waals surface area contributed by atoms with E-state index in [0.29, 0.717) is 25.7 Å². The monoisotopic (exact) mass is 887 g/mol. The van der Waals surface area contributed by atoms with Gasteiger partial charge in [0.2, 0.25) is 0 Å². The molecule has 0 aromatic rings. The number of phosphoric acid groups is 1. The summed E-state index contributed by atoms with van der Waals surface area (Å²) in [6.07, 6.45) is 53.6. The first-order valence-electron chi connectivity index (χ1n) is 22.6. The Morgan fingerprint density at radius 1 is 0.565 bits per heavy atom. The number of esters is 2. The van der Waals surface area contributed by atoms with E-state index >= 15 is 0 Å². The Bertz CT molecular complexity index is 1450. The number of aliphatic hydroxyl groups excluding tert-OH is 3. The van der Waals surface area contributed by atoms with Gasteiger partial charge in [-0.3, -0.25) is 18.6 Å². The number of phosphoric ester groups is 1. The average molecular weight is 887 g/mol. The first-order chi connectivity index (χ1) is 30.1. The molecule has 12 heteroatoms. The molecule has 0 radical (unpaired) electrons. The SMILES string of the molecule is CC/C=C\CC(O)/C=C/C=C/C/C=C\C/C=C\C/C=C\CCC(=O)OC[C@H](COP(=O)(O)OC[C@@H](O)CO)OC(=O)CCCCC/C=C\C/C=C\C/C=C\C/C=C\CCCCC. The highest BCUT2D eigenvalue weighted by molar-refractivity contribution is 7.47. The first kappa shape index (κ1) is 58.3. The van der Waals surface area contributed by atoms with Crippen LogP contribution in [0.2, 0.25) is 0 Å². The van der Waals surface area contributed by atoms with E-state index in [-0.39, 0.29) is 19.4 Å². The Labute approximate surface area is 373 Å². The third-order valence-corrected chi connectivity index (χ3v) is 9.64. The number of carbonyl (C=O) groups excluding carboxylic acids is 2. The molecule has 11 nitrogen and oxygen atoms in total. The second-order valence-electron chi connectivity index (χ2n) is 14.5. The first-order valence-corrected chi connectivity index (χ1v) is 24.1. The van der Waals surface area contributed by atoms with Crippen LogP contribution in [0.15, 0.2) is 122 Å². The van der Waals surface area contributed by atoms with Crippen LogP contribution >= 0.6 is 7.82 Å². The molecule has 0 fully saturated rings. The smallest absolute Gasteiger partial charge is 0.462 e. The predicted molar refractivity (Wildman–Crippen MR) is 252 cm³/mol. The molecule has 0 aliphatic heterocycles. The zero-order chi connectivity index (χ0) is 45.6. The van der Waals surface area contributed by atoms with Gasteiger partial charge >= 0.3 is 19.8 Å². The Balaban J connectivity index is 4.52. The number of allylic oxidation sites excluding steroid dienone is 18. The molecule has 0 saturated heterocycles. The molecule has 0 aromatic carbocycles. The summed E-state index contributed by atoms with van der Waals surface area (Å²) in [7, 11) is -4.66. The Kier molecular flexibility index (Phi) is 41.4. The maximum absolute atomic E-state index is 12.6. The molecule has 0 spiro atoms. The molecule has 0 rings (SSSR count). The van der Waals surface area contributed by atoms with Gasteiger partial charge in [-0.15, -0.1) is 0 Å². The van der Waals surface area contributed by atoms with Crippen molar-refractivity contribution in [3.05, 3.63) is 122 Å². The highest BCUT2D eigenvalue weighted by Crippen LogP contribution is 2.43. The summed E-state index contributed by atoms with van der Waals surface area (Å²) in [6, 6.07) is 0. The van der Waals surface area contributed by atoms with Crippen LogP contribution in [0.4, 0.5) is 0 Å². The second kappa shape index (κ2) is 44.0. The van der Waals surface area contributed by atoms with Gasteiger partial charge in [0.05, 0.1) is 25.9 Å². The average Bonchev–Trinajstić information content (AvgIpc) is 3.26. The van der Waals surface area contributed by atoms with Gasteiger partial charge < -0.3 is 29.7 Å². The van der Waals surface area contributed by atoms with E-state index in [1.807, 2.05) is 48.6 Å². The summed E-state index contributed by atoms with van der Waals surface area (Å²) in [6.45, 7) is 1.98. The van der Waals surface area contributed by atoms with Crippen LogP contribution in [0.5, 0.6) is 0 Å². The molecular formula is C50H79O11P. The summed E-state index contributed by atoms with van der Waals surface area (Å²) in [5.41, 5.74) is 0. The van der Waals surface area contributed by atoms with Crippen LogP contribution in [0.3, 0.4) is 0 Å². The zero-order valence-corrected chi connectivity index (χ0v) is 38.5. The van der Waals surface area contributed by atoms with Gasteiger partial charge in [-0.25, -0.2) is 4.57 Å². The van der Waals surface area contributed by atoms with Crippen molar-refractivity contribution in [2.75, 3.05) is 26.4 Å². The number of hydrogen-bond donors (Lipinski definition) is 4. The molecule has 4 N–H and O–H groups in total. The van der Waals surface area contributed by atoms with E-state index in [1.165, 1.54) is 25.7 Å². The van der Waals surface area contributed by atoms with Crippen molar-refractivity contribution < 1.29 is 52.9 Å². The van der Waals surface area contributed by atoms with Gasteiger partial charge in [0.15, 0.2) is 6.10 Å². The molecule has 4 atom stereocenters. The van der Waals surface area contributed by atoms with Gasteiger partial charge in [0.25, 0.3) is 0 Å². The van der Waals surface area contributed by atoms with Crippen molar-refractivity contribution >= 4 is 19.8 Å². The van der Waals surface area contributed by atoms with E-state index in [4.69, 9.17) is 19.1 Å². The number of ether oxygens (including phenoxy) is 2. The fourth-order valence-corrected chi connectivity index (χ4v) is 5.99. The Morgan fingerprint density at radius 2 is 1.10 bits per heavy atom. The molecular weight excluding hydrogens is 808 g/mol. The number of rotatable bonds is 40. The molecule has 0 aliphatic carbocycles. The third-order valence-electron chi connectivity index (χ3n) is 8.69. The lowest BCUT2D eigenvalue weighted by Crippen LogP contribution is -2.29. The van der Waals surface area contributed by atoms with E-state index in [2.05, 4.69) is 85.2 Å². The minimum Gasteiger partial charge on any atom is -0.462 e. The maximum atomic E-state index is 12.6. The predicted octanol–water partition coefficient (Wildman–Crippen LogP) is 11.3. The van der Waals surface area contributed by atoms with Crippen molar-refractivity contribution in [3.63, 3.8) is 0 Å². The molecule has 0 amide bonds.